The van der Waals surface area contributed by atoms with E-state index in [1.54, 1.807) is 6.29 Å². The molecule has 1 aromatic rings. The Hall–Kier alpha value is -1.05. The van der Waals surface area contributed by atoms with Gasteiger partial charge in [-0.05, 0) is 12.1 Å². The van der Waals surface area contributed by atoms with Crippen LogP contribution >= 0.6 is 0 Å². The molecular weight excluding hydrogens is 92.1 g/mol. The van der Waals surface area contributed by atoms with Gasteiger partial charge in [-0.3, -0.25) is 4.79 Å². The van der Waals surface area contributed by atoms with Gasteiger partial charge in [-0.15, -0.1) is 0 Å². The summed E-state index contributed by atoms with van der Waals surface area (Å²) in [5.74, 6) is 0.194. The van der Waals surface area contributed by atoms with Gasteiger partial charge in [0, 0.05) is 0 Å². The first-order chi connectivity index (χ1) is 3.43. The molecule has 0 aromatic carbocycles. The zero-order valence-electron chi connectivity index (χ0n) is 3.47. The lowest BCUT2D eigenvalue weighted by Gasteiger charge is -1.66. The molecule has 0 bridgehead atoms. The third-order valence-corrected chi connectivity index (χ3v) is 0.572. The summed E-state index contributed by atoms with van der Waals surface area (Å²) in [6.45, 7) is 0. The highest BCUT2D eigenvalue weighted by Gasteiger charge is 1.87. The molecule has 0 saturated carbocycles. The molecule has 2 radical (unpaired) electrons. The topological polar surface area (TPSA) is 30.2 Å². The van der Waals surface area contributed by atoms with Gasteiger partial charge >= 0.3 is 0 Å². The van der Waals surface area contributed by atoms with Crippen molar-refractivity contribution in [3.05, 3.63) is 24.2 Å². The standard InChI is InChI=1S/C5H2O2/c6-4-5-2-1-3-7-5/h1-2H. The monoisotopic (exact) mass is 94.0 g/mol. The SMILES string of the molecule is O=[C]c1cc[c]o1. The number of furan rings is 1. The summed E-state index contributed by atoms with van der Waals surface area (Å²) in [6.07, 6.45) is 3.90. The van der Waals surface area contributed by atoms with E-state index in [0.717, 1.165) is 0 Å². The van der Waals surface area contributed by atoms with Crippen molar-refractivity contribution in [1.82, 2.24) is 0 Å². The fourth-order valence-electron chi connectivity index (χ4n) is 0.296. The highest BCUT2D eigenvalue weighted by Crippen LogP contribution is 1.91. The van der Waals surface area contributed by atoms with E-state index in [0.29, 0.717) is 0 Å². The second-order valence-electron chi connectivity index (χ2n) is 1.02. The first-order valence-electron chi connectivity index (χ1n) is 1.77. The summed E-state index contributed by atoms with van der Waals surface area (Å²) in [4.78, 5) is 9.63. The number of hydrogen-bond acceptors (Lipinski definition) is 2. The molecule has 0 spiro atoms. The molecule has 0 amide bonds. The fourth-order valence-corrected chi connectivity index (χ4v) is 0.296. The van der Waals surface area contributed by atoms with Crippen molar-refractivity contribution in [2.45, 2.75) is 0 Å². The Balaban J connectivity index is 2.96. The highest BCUT2D eigenvalue weighted by atomic mass is 16.3. The van der Waals surface area contributed by atoms with Crippen molar-refractivity contribution in [2.75, 3.05) is 0 Å². The summed E-state index contributed by atoms with van der Waals surface area (Å²) in [6, 6.07) is 3.01. The van der Waals surface area contributed by atoms with Gasteiger partial charge in [0.05, 0.1) is 0 Å². The average molecular weight is 94.1 g/mol. The molecule has 2 nitrogen and oxygen atoms in total. The van der Waals surface area contributed by atoms with Crippen LogP contribution in [-0.2, 0) is 4.79 Å². The Morgan fingerprint density at radius 3 is 3.00 bits per heavy atom. The van der Waals surface area contributed by atoms with Crippen LogP contribution < -0.4 is 0 Å². The normalized spacial score (nSPS) is 8.57. The molecule has 0 fully saturated rings. The summed E-state index contributed by atoms with van der Waals surface area (Å²) in [5, 5.41) is 0. The predicted molar refractivity (Wildman–Crippen MR) is 22.3 cm³/mol. The van der Waals surface area contributed by atoms with Gasteiger partial charge in [-0.2, -0.15) is 0 Å². The van der Waals surface area contributed by atoms with Gasteiger partial charge in [0.2, 0.25) is 0 Å². The summed E-state index contributed by atoms with van der Waals surface area (Å²) in [7, 11) is 0. The maximum atomic E-state index is 9.63. The molecule has 0 aliphatic rings. The zero-order valence-corrected chi connectivity index (χ0v) is 3.47. The molecule has 0 aliphatic carbocycles. The number of rotatable bonds is 1. The quantitative estimate of drug-likeness (QED) is 0.508. The molecule has 34 valence electrons. The van der Waals surface area contributed by atoms with Gasteiger partial charge in [-0.25, -0.2) is 0 Å². The van der Waals surface area contributed by atoms with Gasteiger partial charge in [-0.1, -0.05) is 0 Å². The molecule has 0 atom stereocenters. The number of hydrogen-bond donors (Lipinski definition) is 0. The second-order valence-corrected chi connectivity index (χ2v) is 1.02. The third kappa shape index (κ3) is 0.682. The molecule has 1 rings (SSSR count). The lowest BCUT2D eigenvalue weighted by molar-refractivity contribution is 0.513. The Morgan fingerprint density at radius 1 is 1.86 bits per heavy atom. The lowest BCUT2D eigenvalue weighted by Crippen LogP contribution is -1.66. The van der Waals surface area contributed by atoms with E-state index in [1.165, 1.54) is 12.1 Å². The third-order valence-electron chi connectivity index (χ3n) is 0.572. The first-order valence-corrected chi connectivity index (χ1v) is 1.77. The minimum Gasteiger partial charge on any atom is -0.449 e. The zero-order chi connectivity index (χ0) is 5.11. The smallest absolute Gasteiger partial charge is 0.271 e. The van der Waals surface area contributed by atoms with E-state index in [2.05, 4.69) is 10.7 Å². The minimum atomic E-state index is 0.194. The Morgan fingerprint density at radius 2 is 2.71 bits per heavy atom. The predicted octanol–water partition coefficient (Wildman–Crippen LogP) is 0.538. The highest BCUT2D eigenvalue weighted by molar-refractivity contribution is 5.70. The van der Waals surface area contributed by atoms with Crippen molar-refractivity contribution in [1.29, 1.82) is 0 Å². The van der Waals surface area contributed by atoms with E-state index in [4.69, 9.17) is 0 Å². The lowest BCUT2D eigenvalue weighted by atomic mass is 10.5. The summed E-state index contributed by atoms with van der Waals surface area (Å²) < 4.78 is 4.43. The van der Waals surface area contributed by atoms with E-state index in [9.17, 15) is 4.79 Å². The largest absolute Gasteiger partial charge is 0.449 e. The molecule has 0 N–H and O–H groups in total. The van der Waals surface area contributed by atoms with Crippen LogP contribution in [0, 0.1) is 6.26 Å². The number of carbonyl (C=O) groups excluding carboxylic acids is 1. The van der Waals surface area contributed by atoms with Crippen LogP contribution in [0.1, 0.15) is 5.76 Å². The minimum absolute atomic E-state index is 0.194. The van der Waals surface area contributed by atoms with Crippen molar-refractivity contribution in [3.63, 3.8) is 0 Å². The van der Waals surface area contributed by atoms with Crippen molar-refractivity contribution >= 4 is 6.29 Å². The molecule has 1 heterocycles. The van der Waals surface area contributed by atoms with E-state index < -0.39 is 0 Å². The first kappa shape index (κ1) is 4.12. The van der Waals surface area contributed by atoms with E-state index in [-0.39, 0.29) is 5.76 Å². The van der Waals surface area contributed by atoms with Gasteiger partial charge < -0.3 is 4.42 Å². The van der Waals surface area contributed by atoms with Crippen LogP contribution in [0.2, 0.25) is 0 Å². The van der Waals surface area contributed by atoms with E-state index in [1.807, 2.05) is 0 Å². The Labute approximate surface area is 40.8 Å². The Bertz CT molecular complexity index is 141. The average Bonchev–Trinajstić information content (AvgIpc) is 2.14. The Kier molecular flexibility index (Phi) is 0.941. The van der Waals surface area contributed by atoms with Crippen molar-refractivity contribution < 1.29 is 9.21 Å². The van der Waals surface area contributed by atoms with Crippen LogP contribution in [0.15, 0.2) is 16.5 Å². The van der Waals surface area contributed by atoms with E-state index >= 15 is 0 Å². The van der Waals surface area contributed by atoms with Gasteiger partial charge in [0.15, 0.2) is 12.0 Å². The van der Waals surface area contributed by atoms with Crippen LogP contribution in [0.3, 0.4) is 0 Å². The van der Waals surface area contributed by atoms with Crippen LogP contribution in [0.4, 0.5) is 0 Å². The van der Waals surface area contributed by atoms with Gasteiger partial charge in [0.25, 0.3) is 6.29 Å². The molecule has 1 aromatic heterocycles. The van der Waals surface area contributed by atoms with Crippen LogP contribution in [-0.4, -0.2) is 6.29 Å². The fraction of sp³-hybridized carbons (Fsp3) is 0. The van der Waals surface area contributed by atoms with Crippen LogP contribution in [0.25, 0.3) is 0 Å². The van der Waals surface area contributed by atoms with Gasteiger partial charge in [0.1, 0.15) is 0 Å². The molecule has 7 heavy (non-hydrogen) atoms. The molecular formula is C5H2O2. The maximum Gasteiger partial charge on any atom is 0.271 e. The molecule has 0 saturated heterocycles. The molecule has 0 aliphatic heterocycles. The van der Waals surface area contributed by atoms with Crippen LogP contribution in [0.5, 0.6) is 0 Å². The second kappa shape index (κ2) is 1.60. The molecule has 2 heteroatoms. The summed E-state index contributed by atoms with van der Waals surface area (Å²) in [5.41, 5.74) is 0. The molecule has 0 unspecified atom stereocenters. The maximum absolute atomic E-state index is 9.63. The van der Waals surface area contributed by atoms with Crippen molar-refractivity contribution in [3.8, 4) is 0 Å². The summed E-state index contributed by atoms with van der Waals surface area (Å²) >= 11 is 0. The van der Waals surface area contributed by atoms with Crippen molar-refractivity contribution in [2.24, 2.45) is 0 Å².